The molecule has 1 aromatic carbocycles. The number of hydrogen-bond acceptors (Lipinski definition) is 5. The number of hydrogen-bond donors (Lipinski definition) is 2. The number of carbonyl (C=O) groups is 1. The zero-order valence-corrected chi connectivity index (χ0v) is 18.7. The van der Waals surface area contributed by atoms with Crippen LogP contribution in [0.1, 0.15) is 35.7 Å². The molecule has 9 nitrogen and oxygen atoms in total. The van der Waals surface area contributed by atoms with Crippen LogP contribution in [0, 0.1) is 6.92 Å². The fourth-order valence-corrected chi connectivity index (χ4v) is 4.71. The standard InChI is InChI=1S/C21H21ClN4O5S/c1-13-9-15(10-23-21(13)31-16-7-5-14(22)6-8-16)26(32(29)30)19-4-2-3-18-17(19)11-24-25(18)12-20(27)28/h5-11,19H,2-4,12H2,1H3,(H,27,28)(H,29,30). The van der Waals surface area contributed by atoms with Crippen molar-refractivity contribution in [2.24, 2.45) is 0 Å². The first-order valence-electron chi connectivity index (χ1n) is 9.90. The molecule has 2 atom stereocenters. The minimum absolute atomic E-state index is 0.248. The highest BCUT2D eigenvalue weighted by atomic mass is 35.5. The molecule has 1 aliphatic carbocycles. The Morgan fingerprint density at radius 2 is 2.09 bits per heavy atom. The van der Waals surface area contributed by atoms with Crippen molar-refractivity contribution in [3.8, 4) is 11.6 Å². The fourth-order valence-electron chi connectivity index (χ4n) is 3.87. The number of halogens is 1. The average molecular weight is 477 g/mol. The summed E-state index contributed by atoms with van der Waals surface area (Å²) in [5, 5.41) is 13.9. The first-order valence-corrected chi connectivity index (χ1v) is 11.3. The molecule has 4 rings (SSSR count). The lowest BCUT2D eigenvalue weighted by Crippen LogP contribution is -2.33. The summed E-state index contributed by atoms with van der Waals surface area (Å²) in [6, 6.07) is 8.18. The summed E-state index contributed by atoms with van der Waals surface area (Å²) in [5.41, 5.74) is 2.66. The van der Waals surface area contributed by atoms with Crippen molar-refractivity contribution >= 4 is 34.5 Å². The van der Waals surface area contributed by atoms with Gasteiger partial charge in [-0.2, -0.15) is 5.10 Å². The predicted octanol–water partition coefficient (Wildman–Crippen LogP) is 4.14. The molecule has 32 heavy (non-hydrogen) atoms. The third-order valence-corrected chi connectivity index (χ3v) is 6.32. The van der Waals surface area contributed by atoms with Crippen molar-refractivity contribution in [1.82, 2.24) is 14.8 Å². The number of nitrogens with zero attached hydrogens (tertiary/aromatic N) is 4. The van der Waals surface area contributed by atoms with Crippen molar-refractivity contribution < 1.29 is 23.4 Å². The molecule has 0 saturated heterocycles. The number of aromatic nitrogens is 3. The van der Waals surface area contributed by atoms with Crippen LogP contribution in [0.3, 0.4) is 0 Å². The molecule has 1 aliphatic rings. The maximum Gasteiger partial charge on any atom is 0.325 e. The van der Waals surface area contributed by atoms with Crippen molar-refractivity contribution in [2.75, 3.05) is 4.31 Å². The Morgan fingerprint density at radius 1 is 1.34 bits per heavy atom. The molecule has 2 N–H and O–H groups in total. The van der Waals surface area contributed by atoms with Crippen LogP contribution in [0.15, 0.2) is 42.7 Å². The summed E-state index contributed by atoms with van der Waals surface area (Å²) in [7, 11) is 0. The summed E-state index contributed by atoms with van der Waals surface area (Å²) >= 11 is 3.57. The molecule has 0 spiro atoms. The van der Waals surface area contributed by atoms with Crippen LogP contribution in [-0.4, -0.2) is 34.6 Å². The van der Waals surface area contributed by atoms with E-state index in [1.54, 1.807) is 43.5 Å². The van der Waals surface area contributed by atoms with Gasteiger partial charge in [0.25, 0.3) is 11.3 Å². The zero-order valence-electron chi connectivity index (χ0n) is 17.1. The summed E-state index contributed by atoms with van der Waals surface area (Å²) in [6.07, 6.45) is 5.10. The van der Waals surface area contributed by atoms with Crippen molar-refractivity contribution in [2.45, 2.75) is 38.8 Å². The highest BCUT2D eigenvalue weighted by Gasteiger charge is 2.33. The summed E-state index contributed by atoms with van der Waals surface area (Å²) < 4.78 is 31.1. The van der Waals surface area contributed by atoms with Crippen LogP contribution in [-0.2, 0) is 29.0 Å². The second kappa shape index (κ2) is 9.27. The normalized spacial score (nSPS) is 16.3. The quantitative estimate of drug-likeness (QED) is 0.492. The van der Waals surface area contributed by atoms with Gasteiger partial charge in [0, 0.05) is 21.8 Å². The number of rotatable bonds is 7. The largest absolute Gasteiger partial charge is 0.480 e. The first kappa shape index (κ1) is 22.3. The maximum atomic E-state index is 12.4. The third-order valence-electron chi connectivity index (χ3n) is 5.27. The zero-order chi connectivity index (χ0) is 22.8. The molecule has 0 amide bonds. The summed E-state index contributed by atoms with van der Waals surface area (Å²) in [4.78, 5) is 15.5. The van der Waals surface area contributed by atoms with E-state index in [0.29, 0.717) is 40.7 Å². The number of aryl methyl sites for hydroxylation is 1. The molecule has 0 aliphatic heterocycles. The molecule has 2 heterocycles. The third kappa shape index (κ3) is 4.62. The Kier molecular flexibility index (Phi) is 6.45. The van der Waals surface area contributed by atoms with E-state index in [0.717, 1.165) is 17.7 Å². The molecule has 168 valence electrons. The molecule has 0 fully saturated rings. The second-order valence-electron chi connectivity index (χ2n) is 7.43. The monoisotopic (exact) mass is 476 g/mol. The Balaban J connectivity index is 1.63. The van der Waals surface area contributed by atoms with Gasteiger partial charge in [-0.3, -0.25) is 18.3 Å². The molecule has 3 aromatic rings. The van der Waals surface area contributed by atoms with E-state index in [1.807, 2.05) is 0 Å². The van der Waals surface area contributed by atoms with Gasteiger partial charge in [-0.1, -0.05) is 11.6 Å². The Bertz CT molecular complexity index is 1170. The summed E-state index contributed by atoms with van der Waals surface area (Å²) in [6.45, 7) is 1.55. The number of anilines is 1. The Labute approximate surface area is 192 Å². The molecule has 0 radical (unpaired) electrons. The lowest BCUT2D eigenvalue weighted by molar-refractivity contribution is -0.137. The van der Waals surface area contributed by atoms with Crippen LogP contribution >= 0.6 is 11.6 Å². The van der Waals surface area contributed by atoms with Crippen molar-refractivity contribution in [1.29, 1.82) is 0 Å². The summed E-state index contributed by atoms with van der Waals surface area (Å²) in [5.74, 6) is -0.0434. The smallest absolute Gasteiger partial charge is 0.325 e. The van der Waals surface area contributed by atoms with E-state index in [4.69, 9.17) is 21.4 Å². The minimum Gasteiger partial charge on any atom is -0.480 e. The number of aliphatic carboxylic acids is 1. The van der Waals surface area contributed by atoms with E-state index in [2.05, 4.69) is 10.1 Å². The SMILES string of the molecule is Cc1cc(N(C2CCCc3c2cnn3CC(=O)O)S(=O)O)cnc1Oc1ccc(Cl)cc1. The number of carboxylic acid groups (broad SMARTS) is 1. The van der Waals surface area contributed by atoms with Gasteiger partial charge >= 0.3 is 5.97 Å². The highest BCUT2D eigenvalue weighted by molar-refractivity contribution is 7.80. The van der Waals surface area contributed by atoms with Crippen molar-refractivity contribution in [3.63, 3.8) is 0 Å². The number of carboxylic acids is 1. The van der Waals surface area contributed by atoms with Gasteiger partial charge in [-0.25, -0.2) is 9.19 Å². The van der Waals surface area contributed by atoms with Gasteiger partial charge in [-0.15, -0.1) is 0 Å². The van der Waals surface area contributed by atoms with Gasteiger partial charge < -0.3 is 9.84 Å². The fraction of sp³-hybridized carbons (Fsp3) is 0.286. The molecule has 2 aromatic heterocycles. The van der Waals surface area contributed by atoms with E-state index in [-0.39, 0.29) is 6.54 Å². The van der Waals surface area contributed by atoms with E-state index in [9.17, 15) is 13.6 Å². The predicted molar refractivity (Wildman–Crippen MR) is 119 cm³/mol. The molecule has 0 bridgehead atoms. The van der Waals surface area contributed by atoms with E-state index < -0.39 is 23.3 Å². The maximum absolute atomic E-state index is 12.4. The van der Waals surface area contributed by atoms with Gasteiger partial charge in [0.15, 0.2) is 0 Å². The number of pyridine rings is 1. The number of fused-ring (bicyclic) bond motifs is 1. The van der Waals surface area contributed by atoms with Crippen LogP contribution in [0.2, 0.25) is 5.02 Å². The van der Waals surface area contributed by atoms with Crippen LogP contribution in [0.4, 0.5) is 5.69 Å². The number of benzene rings is 1. The van der Waals surface area contributed by atoms with Gasteiger partial charge in [0.05, 0.1) is 24.1 Å². The Hall–Kier alpha value is -2.95. The van der Waals surface area contributed by atoms with Gasteiger partial charge in [0.1, 0.15) is 12.3 Å². The average Bonchev–Trinajstić information content (AvgIpc) is 3.14. The van der Waals surface area contributed by atoms with Crippen LogP contribution in [0.5, 0.6) is 11.6 Å². The van der Waals surface area contributed by atoms with Crippen LogP contribution < -0.4 is 9.04 Å². The van der Waals surface area contributed by atoms with Gasteiger partial charge in [-0.05, 0) is 56.5 Å². The van der Waals surface area contributed by atoms with Crippen LogP contribution in [0.25, 0.3) is 0 Å². The molecule has 2 unspecified atom stereocenters. The van der Waals surface area contributed by atoms with Crippen molar-refractivity contribution in [3.05, 3.63) is 64.6 Å². The molecular weight excluding hydrogens is 456 g/mol. The lowest BCUT2D eigenvalue weighted by Gasteiger charge is -2.32. The lowest BCUT2D eigenvalue weighted by atomic mass is 9.92. The number of ether oxygens (including phenoxy) is 1. The van der Waals surface area contributed by atoms with E-state index >= 15 is 0 Å². The topological polar surface area (TPSA) is 118 Å². The highest BCUT2D eigenvalue weighted by Crippen LogP contribution is 2.38. The second-order valence-corrected chi connectivity index (χ2v) is 8.73. The minimum atomic E-state index is -2.33. The Morgan fingerprint density at radius 3 is 2.75 bits per heavy atom. The van der Waals surface area contributed by atoms with Gasteiger partial charge in [0.2, 0.25) is 5.88 Å². The molecule has 11 heteroatoms. The molecule has 0 saturated carbocycles. The first-order chi connectivity index (χ1) is 15.3. The van der Waals surface area contributed by atoms with E-state index in [1.165, 1.54) is 15.2 Å². The molecular formula is C21H21ClN4O5S.